The minimum absolute atomic E-state index is 0. The van der Waals surface area contributed by atoms with Gasteiger partial charge in [-0.25, -0.2) is 0 Å². The Morgan fingerprint density at radius 2 is 1.86 bits per heavy atom. The van der Waals surface area contributed by atoms with Crippen LogP contribution in [-0.2, 0) is 6.54 Å². The highest BCUT2D eigenvalue weighted by Gasteiger charge is 2.25. The van der Waals surface area contributed by atoms with Crippen molar-refractivity contribution in [3.05, 3.63) is 63.1 Å². The summed E-state index contributed by atoms with van der Waals surface area (Å²) >= 11 is 12.1. The molecule has 21 heavy (non-hydrogen) atoms. The summed E-state index contributed by atoms with van der Waals surface area (Å²) in [5.74, 6) is 0.561. The molecular weight excluding hydrogens is 329 g/mol. The Balaban J connectivity index is 0.00000161. The molecule has 5 heteroatoms. The number of nitrogens with zero attached hydrogens (tertiary/aromatic N) is 1. The van der Waals surface area contributed by atoms with Crippen LogP contribution in [0.5, 0.6) is 5.75 Å². The molecule has 3 rings (SSSR count). The van der Waals surface area contributed by atoms with Crippen LogP contribution >= 0.6 is 35.6 Å². The van der Waals surface area contributed by atoms with E-state index in [0.717, 1.165) is 24.2 Å². The molecular formula is C16H16Cl3NO. The van der Waals surface area contributed by atoms with Gasteiger partial charge in [-0.1, -0.05) is 35.3 Å². The van der Waals surface area contributed by atoms with E-state index in [2.05, 4.69) is 11.9 Å². The highest BCUT2D eigenvalue weighted by molar-refractivity contribution is 6.42. The highest BCUT2D eigenvalue weighted by Crippen LogP contribution is 2.36. The molecule has 0 radical (unpaired) electrons. The number of phenolic OH excluding ortho intramolecular Hbond substituents is 1. The van der Waals surface area contributed by atoms with Crippen molar-refractivity contribution >= 4 is 35.6 Å². The van der Waals surface area contributed by atoms with E-state index in [1.54, 1.807) is 6.07 Å². The number of likely N-dealkylation sites (N-methyl/N-ethyl adjacent to an activating group) is 1. The van der Waals surface area contributed by atoms with E-state index in [0.29, 0.717) is 15.8 Å². The number of aromatic hydroxyl groups is 1. The molecule has 0 amide bonds. The monoisotopic (exact) mass is 343 g/mol. The molecule has 1 N–H and O–H groups in total. The zero-order chi connectivity index (χ0) is 14.3. The van der Waals surface area contributed by atoms with Crippen molar-refractivity contribution in [1.82, 2.24) is 4.90 Å². The van der Waals surface area contributed by atoms with Gasteiger partial charge in [0.25, 0.3) is 0 Å². The number of rotatable bonds is 1. The largest absolute Gasteiger partial charge is 0.508 e. The summed E-state index contributed by atoms with van der Waals surface area (Å²) in [6.45, 7) is 1.78. The van der Waals surface area contributed by atoms with Crippen LogP contribution in [0, 0.1) is 0 Å². The van der Waals surface area contributed by atoms with Crippen molar-refractivity contribution in [2.45, 2.75) is 12.5 Å². The molecule has 2 aromatic rings. The molecule has 1 heterocycles. The molecule has 112 valence electrons. The average molecular weight is 345 g/mol. The van der Waals surface area contributed by atoms with E-state index in [4.69, 9.17) is 23.2 Å². The number of fused-ring (bicyclic) bond motifs is 1. The Hall–Kier alpha value is -0.930. The average Bonchev–Trinajstić information content (AvgIpc) is 2.40. The molecule has 0 spiro atoms. The third-order valence-corrected chi connectivity index (χ3v) is 4.52. The first-order valence-electron chi connectivity index (χ1n) is 6.50. The van der Waals surface area contributed by atoms with Gasteiger partial charge in [0.05, 0.1) is 10.0 Å². The lowest BCUT2D eigenvalue weighted by atomic mass is 9.85. The summed E-state index contributed by atoms with van der Waals surface area (Å²) in [7, 11) is 2.08. The third-order valence-electron chi connectivity index (χ3n) is 3.78. The summed E-state index contributed by atoms with van der Waals surface area (Å²) in [6.07, 6.45) is 0. The minimum Gasteiger partial charge on any atom is -0.508 e. The maximum atomic E-state index is 9.65. The quantitative estimate of drug-likeness (QED) is 0.810. The van der Waals surface area contributed by atoms with E-state index in [1.807, 2.05) is 30.3 Å². The van der Waals surface area contributed by atoms with Crippen LogP contribution in [0.2, 0.25) is 10.0 Å². The van der Waals surface area contributed by atoms with E-state index >= 15 is 0 Å². The summed E-state index contributed by atoms with van der Waals surface area (Å²) in [5, 5.41) is 10.8. The first-order chi connectivity index (χ1) is 9.54. The first-order valence-corrected chi connectivity index (χ1v) is 7.25. The van der Waals surface area contributed by atoms with Crippen molar-refractivity contribution in [3.63, 3.8) is 0 Å². The van der Waals surface area contributed by atoms with Crippen LogP contribution in [0.4, 0.5) is 0 Å². The standard InChI is InChI=1S/C16H15Cl2NO.ClH/c1-19-8-11-6-12(20)3-4-13(11)14(9-19)10-2-5-15(17)16(18)7-10;/h2-7,14,20H,8-9H2,1H3;1H. The number of halogens is 3. The fraction of sp³-hybridized carbons (Fsp3) is 0.250. The molecule has 0 fully saturated rings. The van der Waals surface area contributed by atoms with Crippen LogP contribution in [0.15, 0.2) is 36.4 Å². The number of hydrogen-bond acceptors (Lipinski definition) is 2. The zero-order valence-corrected chi connectivity index (χ0v) is 13.8. The van der Waals surface area contributed by atoms with Gasteiger partial charge in [-0.2, -0.15) is 0 Å². The van der Waals surface area contributed by atoms with Crippen molar-refractivity contribution in [2.24, 2.45) is 0 Å². The van der Waals surface area contributed by atoms with Gasteiger partial charge in [0.15, 0.2) is 0 Å². The van der Waals surface area contributed by atoms with Crippen LogP contribution in [-0.4, -0.2) is 23.6 Å². The van der Waals surface area contributed by atoms with Crippen LogP contribution in [0.3, 0.4) is 0 Å². The van der Waals surface area contributed by atoms with E-state index in [9.17, 15) is 5.11 Å². The lowest BCUT2D eigenvalue weighted by molar-refractivity contribution is 0.294. The van der Waals surface area contributed by atoms with E-state index in [1.165, 1.54) is 5.56 Å². The summed E-state index contributed by atoms with van der Waals surface area (Å²) < 4.78 is 0. The second-order valence-corrected chi connectivity index (χ2v) is 6.12. The lowest BCUT2D eigenvalue weighted by Gasteiger charge is -2.32. The molecule has 0 saturated carbocycles. The Bertz CT molecular complexity index is 660. The Morgan fingerprint density at radius 1 is 1.10 bits per heavy atom. The Kier molecular flexibility index (Phi) is 5.05. The highest BCUT2D eigenvalue weighted by atomic mass is 35.5. The fourth-order valence-corrected chi connectivity index (χ4v) is 3.16. The van der Waals surface area contributed by atoms with Crippen molar-refractivity contribution in [3.8, 4) is 5.75 Å². The van der Waals surface area contributed by atoms with Gasteiger partial charge in [0, 0.05) is 19.0 Å². The van der Waals surface area contributed by atoms with Gasteiger partial charge in [0.1, 0.15) is 5.75 Å². The number of phenols is 1. The molecule has 1 aliphatic rings. The normalized spacial score (nSPS) is 18.0. The molecule has 0 aromatic heterocycles. The maximum absolute atomic E-state index is 9.65. The SMILES string of the molecule is CN1Cc2cc(O)ccc2C(c2ccc(Cl)c(Cl)c2)C1.Cl. The second-order valence-electron chi connectivity index (χ2n) is 5.31. The number of hydrogen-bond donors (Lipinski definition) is 1. The number of benzene rings is 2. The molecule has 1 aliphatic heterocycles. The van der Waals surface area contributed by atoms with Crippen molar-refractivity contribution < 1.29 is 5.11 Å². The van der Waals surface area contributed by atoms with Gasteiger partial charge >= 0.3 is 0 Å². The van der Waals surface area contributed by atoms with Crippen LogP contribution in [0.1, 0.15) is 22.6 Å². The smallest absolute Gasteiger partial charge is 0.115 e. The van der Waals surface area contributed by atoms with Gasteiger partial charge in [-0.3, -0.25) is 0 Å². The van der Waals surface area contributed by atoms with Gasteiger partial charge in [-0.05, 0) is 48.0 Å². The van der Waals surface area contributed by atoms with Crippen molar-refractivity contribution in [2.75, 3.05) is 13.6 Å². The maximum Gasteiger partial charge on any atom is 0.115 e. The predicted molar refractivity (Wildman–Crippen MR) is 90.0 cm³/mol. The van der Waals surface area contributed by atoms with Crippen molar-refractivity contribution in [1.29, 1.82) is 0 Å². The van der Waals surface area contributed by atoms with Gasteiger partial charge in [0.2, 0.25) is 0 Å². The van der Waals surface area contributed by atoms with Crippen LogP contribution in [0.25, 0.3) is 0 Å². The molecule has 2 nitrogen and oxygen atoms in total. The second kappa shape index (κ2) is 6.45. The summed E-state index contributed by atoms with van der Waals surface area (Å²) in [4.78, 5) is 2.24. The molecule has 0 bridgehead atoms. The first kappa shape index (κ1) is 16.4. The Labute approximate surface area is 140 Å². The lowest BCUT2D eigenvalue weighted by Crippen LogP contribution is -2.30. The molecule has 1 atom stereocenters. The van der Waals surface area contributed by atoms with E-state index < -0.39 is 0 Å². The Morgan fingerprint density at radius 3 is 2.57 bits per heavy atom. The summed E-state index contributed by atoms with van der Waals surface area (Å²) in [5.41, 5.74) is 3.56. The molecule has 2 aromatic carbocycles. The molecule has 1 unspecified atom stereocenters. The fourth-order valence-electron chi connectivity index (χ4n) is 2.85. The molecule has 0 saturated heterocycles. The van der Waals surface area contributed by atoms with Crippen LogP contribution < -0.4 is 0 Å². The van der Waals surface area contributed by atoms with Gasteiger partial charge in [-0.15, -0.1) is 12.4 Å². The van der Waals surface area contributed by atoms with E-state index in [-0.39, 0.29) is 18.3 Å². The topological polar surface area (TPSA) is 23.5 Å². The summed E-state index contributed by atoms with van der Waals surface area (Å²) in [6, 6.07) is 11.4. The zero-order valence-electron chi connectivity index (χ0n) is 11.5. The molecule has 0 aliphatic carbocycles. The minimum atomic E-state index is 0. The third kappa shape index (κ3) is 3.29. The predicted octanol–water partition coefficient (Wildman–Crippen LogP) is 4.70. The van der Waals surface area contributed by atoms with Gasteiger partial charge < -0.3 is 10.0 Å².